The Balaban J connectivity index is 2.06. The van der Waals surface area contributed by atoms with Crippen molar-refractivity contribution in [1.82, 2.24) is 4.31 Å². The Morgan fingerprint density at radius 2 is 1.79 bits per heavy atom. The van der Waals surface area contributed by atoms with Gasteiger partial charge >= 0.3 is 0 Å². The van der Waals surface area contributed by atoms with Crippen molar-refractivity contribution in [3.63, 3.8) is 0 Å². The van der Waals surface area contributed by atoms with E-state index in [0.717, 1.165) is 19.3 Å². The quantitative estimate of drug-likeness (QED) is 0.608. The molecule has 4 N–H and O–H groups in total. The third-order valence-electron chi connectivity index (χ3n) is 3.42. The minimum absolute atomic E-state index is 0.247. The molecule has 6 heteroatoms. The number of rotatable bonds is 1. The lowest BCUT2D eigenvalue weighted by molar-refractivity contribution is 0.271. The first-order valence-corrected chi connectivity index (χ1v) is 6.50. The summed E-state index contributed by atoms with van der Waals surface area (Å²) in [5.74, 6) is 0.908. The van der Waals surface area contributed by atoms with Crippen LogP contribution in [0.5, 0.6) is 0 Å². The van der Waals surface area contributed by atoms with Crippen molar-refractivity contribution >= 4 is 10.2 Å². The Morgan fingerprint density at radius 1 is 1.14 bits per heavy atom. The summed E-state index contributed by atoms with van der Waals surface area (Å²) in [5, 5.41) is 5.10. The zero-order valence-electron chi connectivity index (χ0n) is 8.09. The number of nitrogens with two attached hydrogens (primary N) is 2. The topological polar surface area (TPSA) is 89.4 Å². The van der Waals surface area contributed by atoms with Crippen molar-refractivity contribution in [2.45, 2.75) is 25.3 Å². The summed E-state index contributed by atoms with van der Waals surface area (Å²) in [5.41, 5.74) is 5.85. The van der Waals surface area contributed by atoms with Crippen LogP contribution in [0, 0.1) is 11.8 Å². The van der Waals surface area contributed by atoms with Gasteiger partial charge in [-0.2, -0.15) is 12.7 Å². The lowest BCUT2D eigenvalue weighted by atomic mass is 9.79. The van der Waals surface area contributed by atoms with Crippen molar-refractivity contribution in [3.8, 4) is 0 Å². The number of hydrogen-bond acceptors (Lipinski definition) is 3. The van der Waals surface area contributed by atoms with Crippen molar-refractivity contribution in [1.29, 1.82) is 0 Å². The zero-order chi connectivity index (χ0) is 10.3. The smallest absolute Gasteiger partial charge is 0.276 e. The number of nitrogens with zero attached hydrogens (tertiary/aromatic N) is 1. The normalized spacial score (nSPS) is 39.7. The fourth-order valence-corrected chi connectivity index (χ4v) is 3.43. The molecule has 0 aromatic carbocycles. The van der Waals surface area contributed by atoms with Crippen LogP contribution in [0.25, 0.3) is 0 Å². The Kier molecular flexibility index (Phi) is 2.55. The van der Waals surface area contributed by atoms with Gasteiger partial charge in [0.05, 0.1) is 0 Å². The average molecular weight is 219 g/mol. The van der Waals surface area contributed by atoms with Gasteiger partial charge in [0.25, 0.3) is 10.2 Å². The lowest BCUT2D eigenvalue weighted by Gasteiger charge is -2.28. The molecule has 2 aliphatic rings. The summed E-state index contributed by atoms with van der Waals surface area (Å²) in [7, 11) is -3.49. The van der Waals surface area contributed by atoms with Crippen LogP contribution >= 0.6 is 0 Å². The average Bonchev–Trinajstić information content (AvgIpc) is 2.45. The summed E-state index contributed by atoms with van der Waals surface area (Å²) >= 11 is 0. The van der Waals surface area contributed by atoms with Gasteiger partial charge in [0.1, 0.15) is 0 Å². The van der Waals surface area contributed by atoms with Crippen molar-refractivity contribution < 1.29 is 8.42 Å². The number of hydrogen-bond donors (Lipinski definition) is 2. The molecular weight excluding hydrogens is 202 g/mol. The van der Waals surface area contributed by atoms with E-state index < -0.39 is 10.2 Å². The molecule has 1 heterocycles. The molecule has 5 nitrogen and oxygen atoms in total. The molecule has 0 spiro atoms. The van der Waals surface area contributed by atoms with Crippen LogP contribution in [0.1, 0.15) is 19.3 Å². The number of fused-ring (bicyclic) bond motifs is 1. The van der Waals surface area contributed by atoms with E-state index in [1.165, 1.54) is 4.31 Å². The third kappa shape index (κ3) is 1.93. The van der Waals surface area contributed by atoms with Crippen molar-refractivity contribution in [2.75, 3.05) is 13.1 Å². The minimum atomic E-state index is -3.49. The van der Waals surface area contributed by atoms with Gasteiger partial charge in [0, 0.05) is 19.1 Å². The lowest BCUT2D eigenvalue weighted by Crippen LogP contribution is -2.35. The van der Waals surface area contributed by atoms with E-state index >= 15 is 0 Å². The van der Waals surface area contributed by atoms with Gasteiger partial charge in [0.15, 0.2) is 0 Å². The summed E-state index contributed by atoms with van der Waals surface area (Å²) in [6, 6.07) is 0.247. The SMILES string of the molecule is NC1CCC2CN(S(N)(=O)=O)CC2C1. The summed E-state index contributed by atoms with van der Waals surface area (Å²) in [6.07, 6.45) is 2.99. The predicted molar refractivity (Wildman–Crippen MR) is 53.5 cm³/mol. The highest BCUT2D eigenvalue weighted by molar-refractivity contribution is 7.86. The summed E-state index contributed by atoms with van der Waals surface area (Å²) in [4.78, 5) is 0. The first kappa shape index (κ1) is 10.4. The van der Waals surface area contributed by atoms with Crippen LogP contribution in [0.4, 0.5) is 0 Å². The Labute approximate surface area is 84.6 Å². The molecule has 0 amide bonds. The third-order valence-corrected chi connectivity index (χ3v) is 4.43. The minimum Gasteiger partial charge on any atom is -0.328 e. The van der Waals surface area contributed by atoms with E-state index in [-0.39, 0.29) is 6.04 Å². The molecule has 2 rings (SSSR count). The molecule has 0 radical (unpaired) electrons. The van der Waals surface area contributed by atoms with Crippen LogP contribution in [-0.2, 0) is 10.2 Å². The first-order chi connectivity index (χ1) is 6.47. The van der Waals surface area contributed by atoms with Crippen molar-refractivity contribution in [2.24, 2.45) is 22.7 Å². The van der Waals surface area contributed by atoms with Gasteiger partial charge in [-0.05, 0) is 31.1 Å². The predicted octanol–water partition coefficient (Wildman–Crippen LogP) is -0.751. The van der Waals surface area contributed by atoms with E-state index in [1.54, 1.807) is 0 Å². The maximum atomic E-state index is 11.1. The molecule has 2 fully saturated rings. The van der Waals surface area contributed by atoms with E-state index in [9.17, 15) is 8.42 Å². The first-order valence-electron chi connectivity index (χ1n) is 5.00. The molecule has 3 atom stereocenters. The van der Waals surface area contributed by atoms with Crippen LogP contribution in [0.2, 0.25) is 0 Å². The molecule has 3 unspecified atom stereocenters. The molecule has 1 aliphatic carbocycles. The fourth-order valence-electron chi connectivity index (χ4n) is 2.63. The second kappa shape index (κ2) is 3.44. The van der Waals surface area contributed by atoms with Crippen LogP contribution in [0.3, 0.4) is 0 Å². The van der Waals surface area contributed by atoms with Crippen LogP contribution in [-0.4, -0.2) is 31.9 Å². The van der Waals surface area contributed by atoms with E-state index in [4.69, 9.17) is 10.9 Å². The zero-order valence-corrected chi connectivity index (χ0v) is 8.91. The van der Waals surface area contributed by atoms with E-state index in [1.807, 2.05) is 0 Å². The largest absolute Gasteiger partial charge is 0.328 e. The Bertz CT molecular complexity index is 317. The highest BCUT2D eigenvalue weighted by Crippen LogP contribution is 2.36. The highest BCUT2D eigenvalue weighted by Gasteiger charge is 2.40. The van der Waals surface area contributed by atoms with E-state index in [0.29, 0.717) is 24.9 Å². The van der Waals surface area contributed by atoms with Gasteiger partial charge in [-0.1, -0.05) is 0 Å². The maximum absolute atomic E-state index is 11.1. The molecule has 82 valence electrons. The van der Waals surface area contributed by atoms with Crippen LogP contribution in [0.15, 0.2) is 0 Å². The molecule has 1 aliphatic heterocycles. The van der Waals surface area contributed by atoms with Gasteiger partial charge in [-0.3, -0.25) is 0 Å². The van der Waals surface area contributed by atoms with Crippen molar-refractivity contribution in [3.05, 3.63) is 0 Å². The van der Waals surface area contributed by atoms with Gasteiger partial charge in [-0.25, -0.2) is 5.14 Å². The van der Waals surface area contributed by atoms with Gasteiger partial charge in [-0.15, -0.1) is 0 Å². The molecule has 0 bridgehead atoms. The second-order valence-electron chi connectivity index (χ2n) is 4.46. The summed E-state index contributed by atoms with van der Waals surface area (Å²) in [6.45, 7) is 1.16. The van der Waals surface area contributed by atoms with Gasteiger partial charge in [0.2, 0.25) is 0 Å². The molecule has 1 saturated carbocycles. The summed E-state index contributed by atoms with van der Waals surface area (Å²) < 4.78 is 23.7. The second-order valence-corrected chi connectivity index (χ2v) is 6.00. The molecular formula is C8H17N3O2S. The highest BCUT2D eigenvalue weighted by atomic mass is 32.2. The molecule has 0 aromatic heterocycles. The standard InChI is InChI=1S/C8H17N3O2S/c9-8-2-1-6-4-11(14(10,12)13)5-7(6)3-8/h6-8H,1-5,9H2,(H2,10,12,13). The van der Waals surface area contributed by atoms with E-state index in [2.05, 4.69) is 0 Å². The fraction of sp³-hybridized carbons (Fsp3) is 1.00. The van der Waals surface area contributed by atoms with Crippen LogP contribution < -0.4 is 10.9 Å². The molecule has 1 saturated heterocycles. The maximum Gasteiger partial charge on any atom is 0.276 e. The van der Waals surface area contributed by atoms with Gasteiger partial charge < -0.3 is 5.73 Å². The monoisotopic (exact) mass is 219 g/mol. The molecule has 14 heavy (non-hydrogen) atoms. The Hall–Kier alpha value is -0.170. The molecule has 0 aromatic rings. The Morgan fingerprint density at radius 3 is 2.43 bits per heavy atom.